The van der Waals surface area contributed by atoms with Crippen LogP contribution in [-0.2, 0) is 5.75 Å². The lowest BCUT2D eigenvalue weighted by Gasteiger charge is -2.13. The Balaban J connectivity index is 0.00000128. The molecule has 5 heteroatoms. The number of benzene rings is 1. The molecule has 1 N–H and O–H groups in total. The summed E-state index contributed by atoms with van der Waals surface area (Å²) in [4.78, 5) is 4.40. The van der Waals surface area contributed by atoms with E-state index >= 15 is 0 Å². The molecule has 1 aromatic rings. The number of rotatable bonds is 2. The molecule has 0 bridgehead atoms. The molecule has 1 aliphatic rings. The average molecular weight is 276 g/mol. The summed E-state index contributed by atoms with van der Waals surface area (Å²) in [5, 5.41) is 5.16. The SMILES string of the molecule is Clc1ccccc1CSC1=NCCCN1.[Cl-]. The van der Waals surface area contributed by atoms with Crippen molar-refractivity contribution in [3.63, 3.8) is 0 Å². The van der Waals surface area contributed by atoms with Crippen LogP contribution in [0.4, 0.5) is 0 Å². The summed E-state index contributed by atoms with van der Waals surface area (Å²) in [6.45, 7) is 1.98. The normalized spacial score (nSPS) is 14.7. The lowest BCUT2D eigenvalue weighted by Crippen LogP contribution is -3.00. The number of nitrogens with zero attached hydrogens (tertiary/aromatic N) is 1. The van der Waals surface area contributed by atoms with E-state index in [1.54, 1.807) is 11.8 Å². The summed E-state index contributed by atoms with van der Waals surface area (Å²) in [5.41, 5.74) is 1.17. The molecule has 1 aliphatic heterocycles. The van der Waals surface area contributed by atoms with Crippen LogP contribution in [0.25, 0.3) is 0 Å². The Morgan fingerprint density at radius 1 is 1.38 bits per heavy atom. The first-order chi connectivity index (χ1) is 7.36. The second kappa shape index (κ2) is 7.05. The molecule has 0 saturated carbocycles. The average Bonchev–Trinajstić information content (AvgIpc) is 2.29. The lowest BCUT2D eigenvalue weighted by molar-refractivity contribution is -0.00000297. The van der Waals surface area contributed by atoms with E-state index in [1.165, 1.54) is 5.56 Å². The van der Waals surface area contributed by atoms with Gasteiger partial charge in [0.05, 0.1) is 0 Å². The molecule has 1 heterocycles. The minimum Gasteiger partial charge on any atom is -1.00 e. The first-order valence-electron chi connectivity index (χ1n) is 5.01. The van der Waals surface area contributed by atoms with Crippen molar-refractivity contribution in [1.29, 1.82) is 0 Å². The summed E-state index contributed by atoms with van der Waals surface area (Å²) < 4.78 is 0. The molecule has 0 fully saturated rings. The van der Waals surface area contributed by atoms with Crippen molar-refractivity contribution < 1.29 is 12.4 Å². The van der Waals surface area contributed by atoms with E-state index < -0.39 is 0 Å². The van der Waals surface area contributed by atoms with Crippen LogP contribution >= 0.6 is 23.4 Å². The van der Waals surface area contributed by atoms with Gasteiger partial charge in [-0.1, -0.05) is 41.6 Å². The summed E-state index contributed by atoms with van der Waals surface area (Å²) >= 11 is 7.79. The van der Waals surface area contributed by atoms with E-state index in [9.17, 15) is 0 Å². The van der Waals surface area contributed by atoms with Crippen LogP contribution in [0.3, 0.4) is 0 Å². The van der Waals surface area contributed by atoms with Crippen LogP contribution in [0.2, 0.25) is 5.02 Å². The van der Waals surface area contributed by atoms with Gasteiger partial charge in [-0.05, 0) is 18.1 Å². The number of nitrogens with one attached hydrogen (secondary N) is 1. The van der Waals surface area contributed by atoms with Gasteiger partial charge in [-0.3, -0.25) is 4.99 Å². The van der Waals surface area contributed by atoms with Crippen LogP contribution in [-0.4, -0.2) is 18.3 Å². The van der Waals surface area contributed by atoms with Crippen LogP contribution in [0.15, 0.2) is 29.3 Å². The van der Waals surface area contributed by atoms with E-state index in [0.29, 0.717) is 0 Å². The standard InChI is InChI=1S/C11H13ClN2S.ClH/c12-10-5-2-1-4-9(10)8-15-11-13-6-3-7-14-11;/h1-2,4-5H,3,6-8H2,(H,13,14);1H/p-1. The number of hydrogen-bond acceptors (Lipinski definition) is 3. The fourth-order valence-corrected chi connectivity index (χ4v) is 2.58. The molecule has 88 valence electrons. The molecule has 0 aromatic heterocycles. The quantitative estimate of drug-likeness (QED) is 0.817. The Kier molecular flexibility index (Phi) is 6.03. The molecule has 16 heavy (non-hydrogen) atoms. The number of amidine groups is 1. The van der Waals surface area contributed by atoms with Gasteiger partial charge in [0.15, 0.2) is 5.17 Å². The molecule has 0 unspecified atom stereocenters. The van der Waals surface area contributed by atoms with Crippen molar-refractivity contribution in [3.8, 4) is 0 Å². The Morgan fingerprint density at radius 3 is 2.88 bits per heavy atom. The van der Waals surface area contributed by atoms with E-state index in [-0.39, 0.29) is 12.4 Å². The van der Waals surface area contributed by atoms with Gasteiger partial charge in [0.25, 0.3) is 0 Å². The maximum Gasteiger partial charge on any atom is 0.156 e. The van der Waals surface area contributed by atoms with Crippen molar-refractivity contribution in [2.75, 3.05) is 13.1 Å². The third kappa shape index (κ3) is 3.89. The smallest absolute Gasteiger partial charge is 0.156 e. The maximum atomic E-state index is 6.07. The van der Waals surface area contributed by atoms with Crippen LogP contribution in [0.5, 0.6) is 0 Å². The summed E-state index contributed by atoms with van der Waals surface area (Å²) in [7, 11) is 0. The van der Waals surface area contributed by atoms with Crippen LogP contribution in [0, 0.1) is 0 Å². The molecular formula is C11H13Cl2N2S-. The molecular weight excluding hydrogens is 263 g/mol. The van der Waals surface area contributed by atoms with Crippen molar-refractivity contribution in [2.24, 2.45) is 4.99 Å². The van der Waals surface area contributed by atoms with Crippen molar-refractivity contribution in [1.82, 2.24) is 5.32 Å². The third-order valence-corrected chi connectivity index (χ3v) is 3.56. The van der Waals surface area contributed by atoms with Gasteiger partial charge in [-0.15, -0.1) is 0 Å². The molecule has 0 amide bonds. The van der Waals surface area contributed by atoms with E-state index in [4.69, 9.17) is 11.6 Å². The summed E-state index contributed by atoms with van der Waals surface area (Å²) in [6.07, 6.45) is 1.14. The van der Waals surface area contributed by atoms with Gasteiger partial charge in [-0.25, -0.2) is 0 Å². The van der Waals surface area contributed by atoms with Gasteiger partial charge in [0.2, 0.25) is 0 Å². The number of aliphatic imine (C=N–C) groups is 1. The molecule has 0 saturated heterocycles. The number of thioether (sulfide) groups is 1. The fourth-order valence-electron chi connectivity index (χ4n) is 1.37. The molecule has 2 rings (SSSR count). The molecule has 0 spiro atoms. The summed E-state index contributed by atoms with van der Waals surface area (Å²) in [6, 6.07) is 7.94. The first-order valence-corrected chi connectivity index (χ1v) is 6.37. The Bertz CT molecular complexity index is 369. The van der Waals surface area contributed by atoms with Gasteiger partial charge in [0.1, 0.15) is 0 Å². The lowest BCUT2D eigenvalue weighted by atomic mass is 10.2. The molecule has 1 aromatic carbocycles. The second-order valence-electron chi connectivity index (χ2n) is 3.35. The Hall–Kier alpha value is -0.380. The zero-order chi connectivity index (χ0) is 10.5. The van der Waals surface area contributed by atoms with Crippen LogP contribution in [0.1, 0.15) is 12.0 Å². The van der Waals surface area contributed by atoms with Gasteiger partial charge < -0.3 is 17.7 Å². The molecule has 0 atom stereocenters. The van der Waals surface area contributed by atoms with E-state index in [0.717, 1.165) is 35.5 Å². The van der Waals surface area contributed by atoms with Gasteiger partial charge >= 0.3 is 0 Å². The third-order valence-electron chi connectivity index (χ3n) is 2.19. The van der Waals surface area contributed by atoms with Crippen molar-refractivity contribution in [3.05, 3.63) is 34.9 Å². The first kappa shape index (κ1) is 13.7. The molecule has 0 radical (unpaired) electrons. The second-order valence-corrected chi connectivity index (χ2v) is 4.72. The highest BCUT2D eigenvalue weighted by Gasteiger charge is 2.06. The highest BCUT2D eigenvalue weighted by molar-refractivity contribution is 8.13. The number of hydrogen-bond donors (Lipinski definition) is 1. The van der Waals surface area contributed by atoms with Gasteiger partial charge in [0, 0.05) is 23.9 Å². The number of halogens is 2. The maximum absolute atomic E-state index is 6.07. The Labute approximate surface area is 111 Å². The predicted octanol–water partition coefficient (Wildman–Crippen LogP) is -0.0735. The van der Waals surface area contributed by atoms with Crippen LogP contribution < -0.4 is 17.7 Å². The topological polar surface area (TPSA) is 24.4 Å². The molecule has 2 nitrogen and oxygen atoms in total. The molecule has 0 aliphatic carbocycles. The highest BCUT2D eigenvalue weighted by atomic mass is 35.5. The summed E-state index contributed by atoms with van der Waals surface area (Å²) in [5.74, 6) is 0.880. The monoisotopic (exact) mass is 275 g/mol. The van der Waals surface area contributed by atoms with Crippen molar-refractivity contribution in [2.45, 2.75) is 12.2 Å². The fraction of sp³-hybridized carbons (Fsp3) is 0.364. The van der Waals surface area contributed by atoms with E-state index in [2.05, 4.69) is 16.4 Å². The Morgan fingerprint density at radius 2 is 2.19 bits per heavy atom. The van der Waals surface area contributed by atoms with E-state index in [1.807, 2.05) is 18.2 Å². The largest absolute Gasteiger partial charge is 1.00 e. The zero-order valence-corrected chi connectivity index (χ0v) is 11.1. The predicted molar refractivity (Wildman–Crippen MR) is 67.7 cm³/mol. The minimum absolute atomic E-state index is 0. The van der Waals surface area contributed by atoms with Crippen molar-refractivity contribution >= 4 is 28.5 Å². The van der Waals surface area contributed by atoms with Gasteiger partial charge in [-0.2, -0.15) is 0 Å². The highest BCUT2D eigenvalue weighted by Crippen LogP contribution is 2.21. The zero-order valence-electron chi connectivity index (χ0n) is 8.75. The minimum atomic E-state index is 0.